The second kappa shape index (κ2) is 68.1. The smallest absolute Gasteiger partial charge is 0.306 e. The number of esters is 3. The topological polar surface area (TPSA) is 78.9 Å². The minimum Gasteiger partial charge on any atom is -0.462 e. The molecule has 0 fully saturated rings. The van der Waals surface area contributed by atoms with Crippen molar-refractivity contribution in [1.29, 1.82) is 0 Å². The third-order valence-electron chi connectivity index (χ3n) is 16.1. The summed E-state index contributed by atoms with van der Waals surface area (Å²) in [6.07, 6.45) is 84.5. The first kappa shape index (κ1) is 76.6. The monoisotopic (exact) mass is 1110 g/mol. The Balaban J connectivity index is 4.29. The van der Waals surface area contributed by atoms with Crippen LogP contribution in [0, 0.1) is 0 Å². The van der Waals surface area contributed by atoms with E-state index in [1.807, 2.05) is 0 Å². The normalized spacial score (nSPS) is 12.2. The van der Waals surface area contributed by atoms with Crippen molar-refractivity contribution in [2.75, 3.05) is 13.2 Å². The summed E-state index contributed by atoms with van der Waals surface area (Å²) >= 11 is 0. The molecule has 0 aliphatic rings. The summed E-state index contributed by atoms with van der Waals surface area (Å²) in [5.41, 5.74) is 0. The molecule has 6 nitrogen and oxygen atoms in total. The van der Waals surface area contributed by atoms with E-state index in [2.05, 4.69) is 57.2 Å². The molecule has 0 rings (SSSR count). The zero-order valence-corrected chi connectivity index (χ0v) is 53.4. The molecule has 1 unspecified atom stereocenters. The van der Waals surface area contributed by atoms with Crippen molar-refractivity contribution in [2.45, 2.75) is 399 Å². The molecule has 464 valence electrons. The van der Waals surface area contributed by atoms with Crippen LogP contribution in [0.5, 0.6) is 0 Å². The molecule has 0 aromatic carbocycles. The lowest BCUT2D eigenvalue weighted by molar-refractivity contribution is -0.167. The first-order chi connectivity index (χ1) is 39.0. The summed E-state index contributed by atoms with van der Waals surface area (Å²) < 4.78 is 17.0. The van der Waals surface area contributed by atoms with E-state index >= 15 is 0 Å². The Hall–Kier alpha value is -2.37. The van der Waals surface area contributed by atoms with Crippen molar-refractivity contribution in [3.8, 4) is 0 Å². The lowest BCUT2D eigenvalue weighted by Crippen LogP contribution is -2.30. The van der Waals surface area contributed by atoms with Crippen LogP contribution in [0.15, 0.2) is 36.5 Å². The lowest BCUT2D eigenvalue weighted by atomic mass is 10.0. The molecule has 6 heteroatoms. The highest BCUT2D eigenvalue weighted by Crippen LogP contribution is 2.18. The molecule has 79 heavy (non-hydrogen) atoms. The van der Waals surface area contributed by atoms with Gasteiger partial charge in [-0.05, 0) is 77.0 Å². The Morgan fingerprint density at radius 1 is 0.253 bits per heavy atom. The molecule has 0 amide bonds. The van der Waals surface area contributed by atoms with Gasteiger partial charge in [-0.1, -0.05) is 333 Å². The molecule has 0 aromatic heterocycles. The van der Waals surface area contributed by atoms with E-state index < -0.39 is 6.10 Å². The maximum absolute atomic E-state index is 12.9. The highest BCUT2D eigenvalue weighted by Gasteiger charge is 2.19. The number of hydrogen-bond acceptors (Lipinski definition) is 6. The van der Waals surface area contributed by atoms with Gasteiger partial charge in [-0.15, -0.1) is 0 Å². The fraction of sp³-hybridized carbons (Fsp3) is 0.877. The molecule has 1 atom stereocenters. The molecule has 0 N–H and O–H groups in total. The van der Waals surface area contributed by atoms with E-state index in [1.165, 1.54) is 289 Å². The fourth-order valence-electron chi connectivity index (χ4n) is 10.8. The predicted molar refractivity (Wildman–Crippen MR) is 344 cm³/mol. The standard InChI is InChI=1S/C73H136O6/c1-4-7-10-13-16-19-22-25-28-31-34-35-36-37-38-39-40-43-45-48-51-54-57-60-63-66-72(75)78-69-70(79-73(76)67-64-61-58-55-52-49-46-42-33-30-27-24-21-18-15-12-9-6-3)68-77-71(74)65-62-59-56-53-50-47-44-41-32-29-26-23-20-17-14-11-8-5-2/h22,25,30-31,33-34,70H,4-21,23-24,26-29,32,35-69H2,1-3H3/b25-22-,33-30-,34-31-. The molecule has 0 saturated carbocycles. The highest BCUT2D eigenvalue weighted by atomic mass is 16.6. The summed E-state index contributed by atoms with van der Waals surface area (Å²) in [6, 6.07) is 0. The predicted octanol–water partition coefficient (Wildman–Crippen LogP) is 24.3. The Morgan fingerprint density at radius 2 is 0.456 bits per heavy atom. The van der Waals surface area contributed by atoms with Crippen molar-refractivity contribution in [1.82, 2.24) is 0 Å². The quantitative estimate of drug-likeness (QED) is 0.0261. The van der Waals surface area contributed by atoms with Gasteiger partial charge >= 0.3 is 17.9 Å². The Bertz CT molecular complexity index is 1320. The van der Waals surface area contributed by atoms with Gasteiger partial charge in [-0.3, -0.25) is 14.4 Å². The van der Waals surface area contributed by atoms with Crippen LogP contribution in [0.4, 0.5) is 0 Å². The first-order valence-electron chi connectivity index (χ1n) is 35.5. The number of carbonyl (C=O) groups is 3. The van der Waals surface area contributed by atoms with Gasteiger partial charge in [0.05, 0.1) is 0 Å². The van der Waals surface area contributed by atoms with E-state index in [0.29, 0.717) is 19.3 Å². The summed E-state index contributed by atoms with van der Waals surface area (Å²) in [6.45, 7) is 6.70. The van der Waals surface area contributed by atoms with Gasteiger partial charge in [0.1, 0.15) is 13.2 Å². The molecule has 0 aromatic rings. The first-order valence-corrected chi connectivity index (χ1v) is 35.5. The van der Waals surface area contributed by atoms with Gasteiger partial charge in [0.15, 0.2) is 6.10 Å². The van der Waals surface area contributed by atoms with Gasteiger partial charge in [-0.25, -0.2) is 0 Å². The van der Waals surface area contributed by atoms with E-state index in [1.54, 1.807) is 0 Å². The molecular formula is C73H136O6. The molecule has 0 radical (unpaired) electrons. The maximum Gasteiger partial charge on any atom is 0.306 e. The lowest BCUT2D eigenvalue weighted by Gasteiger charge is -2.18. The largest absolute Gasteiger partial charge is 0.462 e. The molecule has 0 heterocycles. The van der Waals surface area contributed by atoms with Crippen molar-refractivity contribution >= 4 is 17.9 Å². The number of hydrogen-bond donors (Lipinski definition) is 0. The third-order valence-corrected chi connectivity index (χ3v) is 16.1. The number of rotatable bonds is 66. The average Bonchev–Trinajstić information content (AvgIpc) is 3.45. The molecule has 0 saturated heterocycles. The number of ether oxygens (including phenoxy) is 3. The van der Waals surface area contributed by atoms with Gasteiger partial charge in [0.2, 0.25) is 0 Å². The Kier molecular flexibility index (Phi) is 66.1. The zero-order chi connectivity index (χ0) is 57.1. The van der Waals surface area contributed by atoms with Gasteiger partial charge in [0, 0.05) is 19.3 Å². The van der Waals surface area contributed by atoms with E-state index in [9.17, 15) is 14.4 Å². The van der Waals surface area contributed by atoms with Crippen molar-refractivity contribution in [2.24, 2.45) is 0 Å². The summed E-state index contributed by atoms with van der Waals surface area (Å²) in [5, 5.41) is 0. The van der Waals surface area contributed by atoms with E-state index in [0.717, 1.165) is 64.2 Å². The number of allylic oxidation sites excluding steroid dienone is 6. The summed E-state index contributed by atoms with van der Waals surface area (Å²) in [7, 11) is 0. The second-order valence-electron chi connectivity index (χ2n) is 24.1. The van der Waals surface area contributed by atoms with Crippen LogP contribution < -0.4 is 0 Å². The van der Waals surface area contributed by atoms with Crippen molar-refractivity contribution in [3.05, 3.63) is 36.5 Å². The van der Waals surface area contributed by atoms with Gasteiger partial charge in [0.25, 0.3) is 0 Å². The van der Waals surface area contributed by atoms with Crippen LogP contribution in [0.1, 0.15) is 393 Å². The van der Waals surface area contributed by atoms with Crippen LogP contribution in [0.2, 0.25) is 0 Å². The van der Waals surface area contributed by atoms with Gasteiger partial charge < -0.3 is 14.2 Å². The van der Waals surface area contributed by atoms with Crippen LogP contribution in [-0.4, -0.2) is 37.2 Å². The molecule has 0 aliphatic carbocycles. The minimum atomic E-state index is -0.773. The summed E-state index contributed by atoms with van der Waals surface area (Å²) in [5.74, 6) is -0.843. The molecule has 0 spiro atoms. The molecule has 0 aliphatic heterocycles. The second-order valence-corrected chi connectivity index (χ2v) is 24.1. The zero-order valence-electron chi connectivity index (χ0n) is 53.4. The Labute approximate surface area is 493 Å². The number of carbonyl (C=O) groups excluding carboxylic acids is 3. The summed E-state index contributed by atoms with van der Waals surface area (Å²) in [4.78, 5) is 38.5. The van der Waals surface area contributed by atoms with Crippen LogP contribution >= 0.6 is 0 Å². The minimum absolute atomic E-state index is 0.0686. The molecule has 0 bridgehead atoms. The molecular weight excluding hydrogens is 973 g/mol. The maximum atomic E-state index is 12.9. The Morgan fingerprint density at radius 3 is 0.709 bits per heavy atom. The third kappa shape index (κ3) is 66.3. The fourth-order valence-corrected chi connectivity index (χ4v) is 10.8. The average molecular weight is 1110 g/mol. The van der Waals surface area contributed by atoms with E-state index in [4.69, 9.17) is 14.2 Å². The highest BCUT2D eigenvalue weighted by molar-refractivity contribution is 5.71. The van der Waals surface area contributed by atoms with E-state index in [-0.39, 0.29) is 31.1 Å². The van der Waals surface area contributed by atoms with Crippen molar-refractivity contribution in [3.63, 3.8) is 0 Å². The van der Waals surface area contributed by atoms with Crippen LogP contribution in [-0.2, 0) is 28.6 Å². The van der Waals surface area contributed by atoms with Gasteiger partial charge in [-0.2, -0.15) is 0 Å². The van der Waals surface area contributed by atoms with Crippen molar-refractivity contribution < 1.29 is 28.6 Å². The number of unbranched alkanes of at least 4 members (excludes halogenated alkanes) is 49. The van der Waals surface area contributed by atoms with Crippen LogP contribution in [0.25, 0.3) is 0 Å². The van der Waals surface area contributed by atoms with Crippen LogP contribution in [0.3, 0.4) is 0 Å². The SMILES string of the molecule is CCCCCCC/C=C\C/C=C\CCCCCCCCCCCCCCCC(=O)OCC(COC(=O)CCCCCCCCCCCCCCCCCCCC)OC(=O)CCCCCCCCC/C=C\CCCCCCCCC.